The second kappa shape index (κ2) is 10.2. The normalized spacial score (nSPS) is 25.1. The van der Waals surface area contributed by atoms with Gasteiger partial charge in [0.15, 0.2) is 0 Å². The summed E-state index contributed by atoms with van der Waals surface area (Å²) in [6.07, 6.45) is -0.318. The van der Waals surface area contributed by atoms with Gasteiger partial charge in [-0.15, -0.1) is 0 Å². The number of hydrogen-bond acceptors (Lipinski definition) is 6. The summed E-state index contributed by atoms with van der Waals surface area (Å²) in [7, 11) is 2.08. The van der Waals surface area contributed by atoms with Gasteiger partial charge in [-0.25, -0.2) is 9.97 Å². The average molecular weight is 507 g/mol. The largest absolute Gasteiger partial charge is 0.416 e. The molecule has 196 valence electrons. The molecule has 0 bridgehead atoms. The summed E-state index contributed by atoms with van der Waals surface area (Å²) in [5, 5.41) is 6.34. The Balaban J connectivity index is 1.52. The molecule has 2 amide bonds. The van der Waals surface area contributed by atoms with Gasteiger partial charge in [0.1, 0.15) is 18.2 Å². The monoisotopic (exact) mass is 506 g/mol. The van der Waals surface area contributed by atoms with Crippen molar-refractivity contribution in [2.75, 3.05) is 18.9 Å². The topological polar surface area (TPSA) is 90.5 Å². The van der Waals surface area contributed by atoms with Crippen molar-refractivity contribution in [3.05, 3.63) is 30.1 Å². The lowest BCUT2D eigenvalue weighted by molar-refractivity contribution is -0.137. The summed E-state index contributed by atoms with van der Waals surface area (Å²) in [6.45, 7) is 6.25. The highest BCUT2D eigenvalue weighted by atomic mass is 19.4. The number of nitrogens with zero attached hydrogens (tertiary/aromatic N) is 4. The van der Waals surface area contributed by atoms with Crippen molar-refractivity contribution in [2.24, 2.45) is 0 Å². The minimum atomic E-state index is -4.50. The number of carbonyl (C=O) groups is 2. The average Bonchev–Trinajstić information content (AvgIpc) is 3.17. The summed E-state index contributed by atoms with van der Waals surface area (Å²) in [4.78, 5) is 37.7. The van der Waals surface area contributed by atoms with E-state index in [1.54, 1.807) is 0 Å². The van der Waals surface area contributed by atoms with Gasteiger partial charge in [-0.1, -0.05) is 0 Å². The molecule has 1 saturated heterocycles. The first kappa shape index (κ1) is 26.1. The van der Waals surface area contributed by atoms with Crippen LogP contribution in [0.25, 0.3) is 10.9 Å². The molecular weight excluding hydrogens is 473 g/mol. The van der Waals surface area contributed by atoms with E-state index in [-0.39, 0.29) is 35.1 Å². The molecule has 36 heavy (non-hydrogen) atoms. The number of likely N-dealkylation sites (tertiary alicyclic amines) is 1. The highest BCUT2D eigenvalue weighted by Gasteiger charge is 2.43. The third-order valence-electron chi connectivity index (χ3n) is 7.48. The van der Waals surface area contributed by atoms with Crippen molar-refractivity contribution < 1.29 is 22.8 Å². The Morgan fingerprint density at radius 3 is 2.61 bits per heavy atom. The molecule has 1 saturated carbocycles. The van der Waals surface area contributed by atoms with Crippen LogP contribution in [0.1, 0.15) is 52.0 Å². The fraction of sp³-hybridized carbons (Fsp3) is 0.600. The number of alkyl halides is 3. The fourth-order valence-corrected chi connectivity index (χ4v) is 5.39. The van der Waals surface area contributed by atoms with Gasteiger partial charge in [0.05, 0.1) is 23.2 Å². The van der Waals surface area contributed by atoms with Crippen molar-refractivity contribution in [3.8, 4) is 0 Å². The molecule has 4 rings (SSSR count). The van der Waals surface area contributed by atoms with E-state index in [0.717, 1.165) is 31.4 Å². The first-order valence-corrected chi connectivity index (χ1v) is 12.3. The summed E-state index contributed by atoms with van der Waals surface area (Å²) < 4.78 is 39.8. The summed E-state index contributed by atoms with van der Waals surface area (Å²) in [5.74, 6) is -0.0659. The Kier molecular flexibility index (Phi) is 7.40. The Morgan fingerprint density at radius 1 is 1.19 bits per heavy atom. The highest BCUT2D eigenvalue weighted by molar-refractivity contribution is 5.93. The lowest BCUT2D eigenvalue weighted by atomic mass is 9.84. The van der Waals surface area contributed by atoms with E-state index >= 15 is 0 Å². The molecule has 2 aromatic rings. The first-order valence-electron chi connectivity index (χ1n) is 12.3. The fourth-order valence-electron chi connectivity index (χ4n) is 5.39. The molecule has 2 aliphatic rings. The van der Waals surface area contributed by atoms with Crippen LogP contribution >= 0.6 is 0 Å². The maximum Gasteiger partial charge on any atom is 0.416 e. The van der Waals surface area contributed by atoms with Gasteiger partial charge in [0, 0.05) is 30.9 Å². The number of aromatic nitrogens is 2. The Labute approximate surface area is 208 Å². The number of rotatable bonds is 6. The zero-order valence-electron chi connectivity index (χ0n) is 21.0. The van der Waals surface area contributed by atoms with E-state index in [0.29, 0.717) is 30.6 Å². The van der Waals surface area contributed by atoms with E-state index in [2.05, 4.69) is 46.4 Å². The second-order valence-electron chi connectivity index (χ2n) is 10.1. The molecule has 0 spiro atoms. The SMILES string of the molecule is CC(=O)N[C@H]1C[C@H](N(C)C(C)C)CC[C@@H]1N1CC[C@H](Nc2ncnc3ccc(C(F)(F)F)cc23)C1=O. The number of amides is 2. The molecular formula is C25H33F3N6O2. The van der Waals surface area contributed by atoms with Crippen LogP contribution in [0.5, 0.6) is 0 Å². The van der Waals surface area contributed by atoms with Crippen LogP contribution in [-0.4, -0.2) is 75.4 Å². The van der Waals surface area contributed by atoms with Crippen LogP contribution in [0.15, 0.2) is 24.5 Å². The van der Waals surface area contributed by atoms with Gasteiger partial charge in [0.25, 0.3) is 0 Å². The van der Waals surface area contributed by atoms with Gasteiger partial charge in [0.2, 0.25) is 11.8 Å². The number of anilines is 1. The number of fused-ring (bicyclic) bond motifs is 1. The van der Waals surface area contributed by atoms with Gasteiger partial charge in [-0.2, -0.15) is 13.2 Å². The molecule has 1 aromatic heterocycles. The highest BCUT2D eigenvalue weighted by Crippen LogP contribution is 2.34. The maximum atomic E-state index is 13.4. The lowest BCUT2D eigenvalue weighted by Gasteiger charge is -2.44. The number of carbonyl (C=O) groups excluding carboxylic acids is 2. The minimum absolute atomic E-state index is 0.132. The molecule has 1 aromatic carbocycles. The molecule has 1 aliphatic heterocycles. The predicted octanol–water partition coefficient (Wildman–Crippen LogP) is 3.43. The number of nitrogens with one attached hydrogen (secondary N) is 2. The molecule has 1 aliphatic carbocycles. The number of hydrogen-bond donors (Lipinski definition) is 2. The van der Waals surface area contributed by atoms with Crippen molar-refractivity contribution >= 4 is 28.5 Å². The zero-order valence-corrected chi connectivity index (χ0v) is 21.0. The van der Waals surface area contributed by atoms with Crippen LogP contribution in [0.4, 0.5) is 19.0 Å². The van der Waals surface area contributed by atoms with Gasteiger partial charge in [-0.05, 0) is 64.8 Å². The smallest absolute Gasteiger partial charge is 0.358 e. The molecule has 0 radical (unpaired) electrons. The van der Waals surface area contributed by atoms with Gasteiger partial charge >= 0.3 is 6.18 Å². The second-order valence-corrected chi connectivity index (χ2v) is 10.1. The third-order valence-corrected chi connectivity index (χ3v) is 7.48. The van der Waals surface area contributed by atoms with E-state index in [1.807, 2.05) is 4.90 Å². The molecule has 0 unspecified atom stereocenters. The van der Waals surface area contributed by atoms with Crippen LogP contribution in [-0.2, 0) is 15.8 Å². The molecule has 2 fully saturated rings. The van der Waals surface area contributed by atoms with E-state index in [4.69, 9.17) is 0 Å². The molecule has 11 heteroatoms. The summed E-state index contributed by atoms with van der Waals surface area (Å²) in [5.41, 5.74) is -0.436. The van der Waals surface area contributed by atoms with Crippen molar-refractivity contribution in [1.82, 2.24) is 25.1 Å². The summed E-state index contributed by atoms with van der Waals surface area (Å²) in [6, 6.07) is 3.05. The molecule has 4 atom stereocenters. The number of halogens is 3. The van der Waals surface area contributed by atoms with Crippen molar-refractivity contribution in [2.45, 2.75) is 82.8 Å². The van der Waals surface area contributed by atoms with Crippen molar-refractivity contribution in [3.63, 3.8) is 0 Å². The van der Waals surface area contributed by atoms with E-state index in [9.17, 15) is 22.8 Å². The minimum Gasteiger partial charge on any atom is -0.358 e. The standard InChI is InChI=1S/C25H33F3N6O2/c1-14(2)33(4)17-6-8-22(21(12-17)31-15(3)35)34-10-9-20(24(34)36)32-23-18-11-16(25(26,27)28)5-7-19(18)29-13-30-23/h5,7,11,13-14,17,20-22H,6,8-10,12H2,1-4H3,(H,31,35)(H,29,30,32)/t17-,20+,21+,22+/m1/s1. The Hall–Kier alpha value is -2.95. The van der Waals surface area contributed by atoms with Crippen LogP contribution in [0, 0.1) is 0 Å². The van der Waals surface area contributed by atoms with E-state index < -0.39 is 17.8 Å². The maximum absolute atomic E-state index is 13.4. The predicted molar refractivity (Wildman–Crippen MR) is 130 cm³/mol. The van der Waals surface area contributed by atoms with Crippen LogP contribution in [0.2, 0.25) is 0 Å². The Morgan fingerprint density at radius 2 is 1.94 bits per heavy atom. The third kappa shape index (κ3) is 5.40. The quantitative estimate of drug-likeness (QED) is 0.624. The van der Waals surface area contributed by atoms with Crippen LogP contribution < -0.4 is 10.6 Å². The lowest BCUT2D eigenvalue weighted by Crippen LogP contribution is -2.58. The van der Waals surface area contributed by atoms with Crippen LogP contribution in [0.3, 0.4) is 0 Å². The van der Waals surface area contributed by atoms with Gasteiger partial charge in [-0.3, -0.25) is 9.59 Å². The summed E-state index contributed by atoms with van der Waals surface area (Å²) >= 11 is 0. The molecule has 2 N–H and O–H groups in total. The van der Waals surface area contributed by atoms with Gasteiger partial charge < -0.3 is 20.4 Å². The Bertz CT molecular complexity index is 1120. The zero-order chi connectivity index (χ0) is 26.2. The van der Waals surface area contributed by atoms with E-state index in [1.165, 1.54) is 19.3 Å². The van der Waals surface area contributed by atoms with Crippen molar-refractivity contribution in [1.29, 1.82) is 0 Å². The molecule has 2 heterocycles. The number of benzene rings is 1. The first-order chi connectivity index (χ1) is 17.0. The molecule has 8 nitrogen and oxygen atoms in total.